The molecule has 156 valence electrons. The molecule has 0 aliphatic carbocycles. The first-order chi connectivity index (χ1) is 15.0. The minimum absolute atomic E-state index is 0.0181. The zero-order valence-electron chi connectivity index (χ0n) is 17.0. The Bertz CT molecular complexity index is 1170. The zero-order valence-corrected chi connectivity index (χ0v) is 17.0. The van der Waals surface area contributed by atoms with E-state index in [0.29, 0.717) is 12.2 Å². The smallest absolute Gasteiger partial charge is 0.311 e. The number of benzene rings is 3. The van der Waals surface area contributed by atoms with E-state index in [1.165, 1.54) is 4.90 Å². The van der Waals surface area contributed by atoms with Gasteiger partial charge in [0.05, 0.1) is 12.2 Å². The monoisotopic (exact) mass is 415 g/mol. The summed E-state index contributed by atoms with van der Waals surface area (Å²) in [4.78, 5) is 53.8. The van der Waals surface area contributed by atoms with Crippen LogP contribution in [0.1, 0.15) is 12.5 Å². The molecule has 1 fully saturated rings. The van der Waals surface area contributed by atoms with Crippen LogP contribution < -0.4 is 4.90 Å². The predicted octanol–water partition coefficient (Wildman–Crippen LogP) is 3.18. The Kier molecular flexibility index (Phi) is 5.49. The van der Waals surface area contributed by atoms with Crippen LogP contribution in [-0.4, -0.2) is 46.6 Å². The van der Waals surface area contributed by atoms with Crippen molar-refractivity contribution in [3.05, 3.63) is 78.4 Å². The summed E-state index contributed by atoms with van der Waals surface area (Å²) in [6.45, 7) is 1.66. The normalized spacial score (nSPS) is 13.9. The van der Waals surface area contributed by atoms with Crippen molar-refractivity contribution >= 4 is 40.2 Å². The second-order valence-corrected chi connectivity index (χ2v) is 7.19. The fourth-order valence-corrected chi connectivity index (χ4v) is 3.74. The topological polar surface area (TPSA) is 78.0 Å². The molecule has 1 aliphatic rings. The highest BCUT2D eigenvalue weighted by atomic mass is 16.2. The molecule has 3 aromatic rings. The summed E-state index contributed by atoms with van der Waals surface area (Å²) in [5.41, 5.74) is 1.41. The Morgan fingerprint density at radius 1 is 0.806 bits per heavy atom. The van der Waals surface area contributed by atoms with Crippen molar-refractivity contribution in [3.63, 3.8) is 0 Å². The maximum absolute atomic E-state index is 13.1. The Hall–Kier alpha value is -4.00. The van der Waals surface area contributed by atoms with Gasteiger partial charge in [-0.25, -0.2) is 9.69 Å². The second kappa shape index (κ2) is 8.39. The summed E-state index contributed by atoms with van der Waals surface area (Å²) in [6.07, 6.45) is 0. The van der Waals surface area contributed by atoms with Gasteiger partial charge in [0.2, 0.25) is 5.91 Å². The fraction of sp³-hybridized carbons (Fsp3) is 0.167. The summed E-state index contributed by atoms with van der Waals surface area (Å²) in [5.74, 6) is -2.34. The van der Waals surface area contributed by atoms with Crippen LogP contribution in [0.5, 0.6) is 0 Å². The van der Waals surface area contributed by atoms with Crippen molar-refractivity contribution in [2.75, 3.05) is 18.0 Å². The maximum Gasteiger partial charge on any atom is 0.335 e. The van der Waals surface area contributed by atoms with Gasteiger partial charge in [0.25, 0.3) is 0 Å². The second-order valence-electron chi connectivity index (χ2n) is 7.19. The van der Waals surface area contributed by atoms with E-state index >= 15 is 0 Å². The van der Waals surface area contributed by atoms with Gasteiger partial charge in [-0.1, -0.05) is 66.7 Å². The number of imide groups is 2. The molecule has 1 aliphatic heterocycles. The number of amides is 5. The van der Waals surface area contributed by atoms with Gasteiger partial charge in [-0.3, -0.25) is 19.3 Å². The van der Waals surface area contributed by atoms with Crippen molar-refractivity contribution in [1.82, 2.24) is 9.80 Å². The number of fused-ring (bicyclic) bond motifs is 1. The van der Waals surface area contributed by atoms with Crippen LogP contribution in [0, 0.1) is 0 Å². The molecule has 0 spiro atoms. The van der Waals surface area contributed by atoms with Gasteiger partial charge in [0, 0.05) is 11.9 Å². The largest absolute Gasteiger partial charge is 0.335 e. The Balaban J connectivity index is 1.56. The molecule has 3 aromatic carbocycles. The van der Waals surface area contributed by atoms with Crippen LogP contribution in [0.15, 0.2) is 72.8 Å². The van der Waals surface area contributed by atoms with Gasteiger partial charge in [0.1, 0.15) is 6.54 Å². The summed E-state index contributed by atoms with van der Waals surface area (Å²) < 4.78 is 0. The number of urea groups is 1. The van der Waals surface area contributed by atoms with Crippen LogP contribution in [0.3, 0.4) is 0 Å². The molecule has 0 atom stereocenters. The summed E-state index contributed by atoms with van der Waals surface area (Å²) in [7, 11) is 0. The predicted molar refractivity (Wildman–Crippen MR) is 116 cm³/mol. The lowest BCUT2D eigenvalue weighted by Crippen LogP contribution is -2.43. The van der Waals surface area contributed by atoms with Crippen molar-refractivity contribution in [3.8, 4) is 0 Å². The van der Waals surface area contributed by atoms with Gasteiger partial charge in [0.15, 0.2) is 0 Å². The number of nitrogens with zero attached hydrogens (tertiary/aromatic N) is 3. The standard InChI is InChI=1S/C24H21N3O4/c1-2-25(20-14-8-12-18-11-6-7-13-19(18)20)21(28)16-27-23(30)22(29)26(24(27)31)15-17-9-4-3-5-10-17/h3-14H,2,15-16H2,1H3. The molecule has 31 heavy (non-hydrogen) atoms. The van der Waals surface area contributed by atoms with Crippen LogP contribution in [0.25, 0.3) is 10.8 Å². The lowest BCUT2D eigenvalue weighted by molar-refractivity contribution is -0.144. The van der Waals surface area contributed by atoms with E-state index in [-0.39, 0.29) is 6.54 Å². The van der Waals surface area contributed by atoms with E-state index in [1.807, 2.05) is 55.5 Å². The molecule has 1 heterocycles. The molecule has 1 saturated heterocycles. The fourth-order valence-electron chi connectivity index (χ4n) is 3.74. The molecular weight excluding hydrogens is 394 g/mol. The molecule has 0 aromatic heterocycles. The minimum Gasteiger partial charge on any atom is -0.311 e. The van der Waals surface area contributed by atoms with E-state index in [2.05, 4.69) is 0 Å². The van der Waals surface area contributed by atoms with E-state index in [0.717, 1.165) is 26.1 Å². The van der Waals surface area contributed by atoms with Crippen LogP contribution in [-0.2, 0) is 20.9 Å². The maximum atomic E-state index is 13.1. The van der Waals surface area contributed by atoms with Crippen LogP contribution >= 0.6 is 0 Å². The third-order valence-corrected chi connectivity index (χ3v) is 5.29. The van der Waals surface area contributed by atoms with Crippen LogP contribution in [0.2, 0.25) is 0 Å². The quantitative estimate of drug-likeness (QED) is 0.458. The van der Waals surface area contributed by atoms with E-state index in [4.69, 9.17) is 0 Å². The third-order valence-electron chi connectivity index (χ3n) is 5.29. The molecule has 0 unspecified atom stereocenters. The molecule has 7 nitrogen and oxygen atoms in total. The molecule has 7 heteroatoms. The Labute approximate surface area is 179 Å². The minimum atomic E-state index is -0.983. The van der Waals surface area contributed by atoms with Gasteiger partial charge >= 0.3 is 17.8 Å². The van der Waals surface area contributed by atoms with Crippen molar-refractivity contribution in [2.24, 2.45) is 0 Å². The van der Waals surface area contributed by atoms with Gasteiger partial charge in [-0.05, 0) is 23.9 Å². The zero-order chi connectivity index (χ0) is 22.0. The van der Waals surface area contributed by atoms with Crippen molar-refractivity contribution in [2.45, 2.75) is 13.5 Å². The molecule has 0 radical (unpaired) electrons. The molecule has 5 amide bonds. The summed E-state index contributed by atoms with van der Waals surface area (Å²) in [6, 6.07) is 21.4. The molecule has 0 bridgehead atoms. The average Bonchev–Trinajstić information content (AvgIpc) is 2.99. The lowest BCUT2D eigenvalue weighted by atomic mass is 10.1. The molecular formula is C24H21N3O4. The lowest BCUT2D eigenvalue weighted by Gasteiger charge is -2.24. The number of hydrogen-bond acceptors (Lipinski definition) is 4. The first kappa shape index (κ1) is 20.3. The first-order valence-electron chi connectivity index (χ1n) is 10.0. The summed E-state index contributed by atoms with van der Waals surface area (Å²) in [5, 5.41) is 1.87. The Morgan fingerprint density at radius 3 is 2.19 bits per heavy atom. The first-order valence-corrected chi connectivity index (χ1v) is 10.0. The highest BCUT2D eigenvalue weighted by molar-refractivity contribution is 6.45. The third kappa shape index (κ3) is 3.77. The van der Waals surface area contributed by atoms with Crippen molar-refractivity contribution < 1.29 is 19.2 Å². The molecule has 0 saturated carbocycles. The van der Waals surface area contributed by atoms with Crippen LogP contribution in [0.4, 0.5) is 10.5 Å². The Morgan fingerprint density at radius 2 is 1.45 bits per heavy atom. The van der Waals surface area contributed by atoms with E-state index < -0.39 is 30.3 Å². The number of rotatable bonds is 6. The van der Waals surface area contributed by atoms with Gasteiger partial charge in [-0.15, -0.1) is 0 Å². The summed E-state index contributed by atoms with van der Waals surface area (Å²) >= 11 is 0. The highest BCUT2D eigenvalue weighted by Crippen LogP contribution is 2.27. The molecule has 0 N–H and O–H groups in total. The molecule has 4 rings (SSSR count). The van der Waals surface area contributed by atoms with E-state index in [9.17, 15) is 19.2 Å². The van der Waals surface area contributed by atoms with E-state index in [1.54, 1.807) is 24.3 Å². The SMILES string of the molecule is CCN(C(=O)CN1C(=O)C(=O)N(Cc2ccccc2)C1=O)c1cccc2ccccc12. The number of likely N-dealkylation sites (N-methyl/N-ethyl adjacent to an activating group) is 1. The van der Waals surface area contributed by atoms with Gasteiger partial charge in [-0.2, -0.15) is 0 Å². The van der Waals surface area contributed by atoms with Crippen molar-refractivity contribution in [1.29, 1.82) is 0 Å². The number of carbonyl (C=O) groups is 4. The highest BCUT2D eigenvalue weighted by Gasteiger charge is 2.45. The number of carbonyl (C=O) groups excluding carboxylic acids is 4. The van der Waals surface area contributed by atoms with Gasteiger partial charge < -0.3 is 4.90 Å². The number of hydrogen-bond donors (Lipinski definition) is 0. The number of anilines is 1. The average molecular weight is 415 g/mol.